The first kappa shape index (κ1) is 17.6. The number of morpholine rings is 1. The number of nitrogens with one attached hydrogen (secondary N) is 1. The van der Waals surface area contributed by atoms with Crippen LogP contribution in [0, 0.1) is 13.8 Å². The van der Waals surface area contributed by atoms with Crippen molar-refractivity contribution < 1.29 is 9.47 Å². The fourth-order valence-electron chi connectivity index (χ4n) is 4.22. The zero-order valence-electron chi connectivity index (χ0n) is 16.9. The summed E-state index contributed by atoms with van der Waals surface area (Å²) in [7, 11) is 0. The van der Waals surface area contributed by atoms with E-state index in [1.54, 1.807) is 0 Å². The summed E-state index contributed by atoms with van der Waals surface area (Å²) >= 11 is 0. The summed E-state index contributed by atoms with van der Waals surface area (Å²) in [5.41, 5.74) is 4.58. The molecule has 5 rings (SSSR count). The number of hydrogen-bond acceptors (Lipinski definition) is 6. The Morgan fingerprint density at radius 1 is 1.04 bits per heavy atom. The van der Waals surface area contributed by atoms with E-state index in [9.17, 15) is 0 Å². The molecule has 1 fully saturated rings. The number of nitrogens with zero attached hydrogens (tertiary/aromatic N) is 5. The third-order valence-electron chi connectivity index (χ3n) is 5.70. The number of H-pyrrole nitrogens is 1. The highest BCUT2D eigenvalue weighted by molar-refractivity contribution is 5.87. The highest BCUT2D eigenvalue weighted by Gasteiger charge is 2.34. The minimum atomic E-state index is -0.443. The molecule has 2 aliphatic rings. The topological polar surface area (TPSA) is 81.1 Å². The van der Waals surface area contributed by atoms with Gasteiger partial charge in [-0.25, -0.2) is 15.0 Å². The van der Waals surface area contributed by atoms with E-state index >= 15 is 0 Å². The predicted molar refractivity (Wildman–Crippen MR) is 107 cm³/mol. The Morgan fingerprint density at radius 3 is 2.54 bits per heavy atom. The van der Waals surface area contributed by atoms with Crippen molar-refractivity contribution in [2.24, 2.45) is 0 Å². The molecule has 5 heterocycles. The number of aromatic nitrogens is 5. The zero-order valence-corrected chi connectivity index (χ0v) is 16.9. The number of aryl methyl sites for hydroxylation is 2. The molecule has 8 nitrogen and oxygen atoms in total. The minimum absolute atomic E-state index is 0.443. The standard InChI is InChI=1S/C20H26N6O2/c1-12-11-21-13(2)14(12)16-23-17(25-5-8-27-9-6-25)15-18(24-16)26-7-10-28-20(3,4)19(26)22-15/h11,21H,5-10H2,1-4H3. The van der Waals surface area contributed by atoms with Crippen LogP contribution < -0.4 is 4.90 Å². The highest BCUT2D eigenvalue weighted by Crippen LogP contribution is 2.36. The molecule has 3 aromatic heterocycles. The Bertz CT molecular complexity index is 1030. The molecule has 0 aliphatic carbocycles. The zero-order chi connectivity index (χ0) is 19.5. The van der Waals surface area contributed by atoms with E-state index in [-0.39, 0.29) is 0 Å². The Hall–Kier alpha value is -2.45. The fraction of sp³-hybridized carbons (Fsp3) is 0.550. The third-order valence-corrected chi connectivity index (χ3v) is 5.70. The normalized spacial score (nSPS) is 19.2. The van der Waals surface area contributed by atoms with Gasteiger partial charge in [-0.2, -0.15) is 0 Å². The molecule has 8 heteroatoms. The first-order chi connectivity index (χ1) is 13.5. The molecule has 28 heavy (non-hydrogen) atoms. The molecule has 3 aromatic rings. The van der Waals surface area contributed by atoms with E-state index < -0.39 is 5.60 Å². The maximum absolute atomic E-state index is 5.98. The first-order valence-electron chi connectivity index (χ1n) is 9.86. The predicted octanol–water partition coefficient (Wildman–Crippen LogP) is 2.54. The summed E-state index contributed by atoms with van der Waals surface area (Å²) in [6.45, 7) is 12.7. The lowest BCUT2D eigenvalue weighted by Crippen LogP contribution is -2.37. The van der Waals surface area contributed by atoms with E-state index in [1.807, 2.05) is 6.20 Å². The molecule has 0 amide bonds. The lowest BCUT2D eigenvalue weighted by atomic mass is 10.1. The van der Waals surface area contributed by atoms with Crippen LogP contribution in [0.15, 0.2) is 6.20 Å². The molecule has 0 aromatic carbocycles. The number of aromatic amines is 1. The van der Waals surface area contributed by atoms with Crippen molar-refractivity contribution in [3.8, 4) is 11.4 Å². The van der Waals surface area contributed by atoms with Gasteiger partial charge in [0, 0.05) is 37.1 Å². The Morgan fingerprint density at radius 2 is 1.82 bits per heavy atom. The lowest BCUT2D eigenvalue weighted by Gasteiger charge is -2.30. The van der Waals surface area contributed by atoms with Crippen molar-refractivity contribution >= 4 is 17.0 Å². The van der Waals surface area contributed by atoms with E-state index in [0.29, 0.717) is 19.8 Å². The van der Waals surface area contributed by atoms with Gasteiger partial charge in [-0.15, -0.1) is 0 Å². The molecule has 1 N–H and O–H groups in total. The maximum Gasteiger partial charge on any atom is 0.166 e. The van der Waals surface area contributed by atoms with Gasteiger partial charge in [0.2, 0.25) is 0 Å². The quantitative estimate of drug-likeness (QED) is 0.734. The molecule has 1 saturated heterocycles. The Kier molecular flexibility index (Phi) is 3.96. The van der Waals surface area contributed by atoms with Gasteiger partial charge in [-0.3, -0.25) is 0 Å². The van der Waals surface area contributed by atoms with Crippen LogP contribution in [0.3, 0.4) is 0 Å². The number of rotatable bonds is 2. The number of imidazole rings is 1. The number of anilines is 1. The summed E-state index contributed by atoms with van der Waals surface area (Å²) in [5.74, 6) is 2.55. The van der Waals surface area contributed by atoms with Gasteiger partial charge in [0.1, 0.15) is 11.4 Å². The average molecular weight is 382 g/mol. The summed E-state index contributed by atoms with van der Waals surface area (Å²) < 4.78 is 13.7. The third kappa shape index (κ3) is 2.62. The molecule has 2 aliphatic heterocycles. The molecule has 0 unspecified atom stereocenters. The van der Waals surface area contributed by atoms with Crippen LogP contribution in [-0.2, 0) is 21.6 Å². The van der Waals surface area contributed by atoms with Crippen LogP contribution >= 0.6 is 0 Å². The van der Waals surface area contributed by atoms with E-state index in [4.69, 9.17) is 24.4 Å². The lowest BCUT2D eigenvalue weighted by molar-refractivity contribution is -0.0530. The van der Waals surface area contributed by atoms with Gasteiger partial charge in [0.05, 0.1) is 19.8 Å². The van der Waals surface area contributed by atoms with Gasteiger partial charge in [-0.1, -0.05) is 0 Å². The van der Waals surface area contributed by atoms with Crippen molar-refractivity contribution in [1.29, 1.82) is 0 Å². The average Bonchev–Trinajstić information content (AvgIpc) is 3.22. The molecular formula is C20H26N6O2. The maximum atomic E-state index is 5.98. The first-order valence-corrected chi connectivity index (χ1v) is 9.86. The van der Waals surface area contributed by atoms with Crippen LogP contribution in [0.1, 0.15) is 30.9 Å². The van der Waals surface area contributed by atoms with Crippen molar-refractivity contribution in [1.82, 2.24) is 24.5 Å². The monoisotopic (exact) mass is 382 g/mol. The van der Waals surface area contributed by atoms with Crippen molar-refractivity contribution in [3.05, 3.63) is 23.3 Å². The second kappa shape index (κ2) is 6.28. The summed E-state index contributed by atoms with van der Waals surface area (Å²) in [5, 5.41) is 0. The number of ether oxygens (including phenoxy) is 2. The summed E-state index contributed by atoms with van der Waals surface area (Å²) in [6, 6.07) is 0. The molecule has 0 bridgehead atoms. The van der Waals surface area contributed by atoms with Crippen molar-refractivity contribution in [3.63, 3.8) is 0 Å². The number of hydrogen-bond donors (Lipinski definition) is 1. The molecule has 0 spiro atoms. The fourth-order valence-corrected chi connectivity index (χ4v) is 4.22. The van der Waals surface area contributed by atoms with E-state index in [1.165, 1.54) is 0 Å². The van der Waals surface area contributed by atoms with Gasteiger partial charge in [0.25, 0.3) is 0 Å². The Balaban J connectivity index is 1.79. The molecular weight excluding hydrogens is 356 g/mol. The molecule has 0 radical (unpaired) electrons. The van der Waals surface area contributed by atoms with Gasteiger partial charge in [0.15, 0.2) is 22.8 Å². The smallest absolute Gasteiger partial charge is 0.166 e. The van der Waals surface area contributed by atoms with Crippen LogP contribution in [0.25, 0.3) is 22.6 Å². The summed E-state index contributed by atoms with van der Waals surface area (Å²) in [6.07, 6.45) is 2.01. The van der Waals surface area contributed by atoms with Crippen LogP contribution in [-0.4, -0.2) is 57.4 Å². The van der Waals surface area contributed by atoms with Crippen LogP contribution in [0.2, 0.25) is 0 Å². The van der Waals surface area contributed by atoms with Crippen molar-refractivity contribution in [2.75, 3.05) is 37.8 Å². The minimum Gasteiger partial charge on any atom is -0.378 e. The van der Waals surface area contributed by atoms with Crippen LogP contribution in [0.5, 0.6) is 0 Å². The van der Waals surface area contributed by atoms with Crippen LogP contribution in [0.4, 0.5) is 5.82 Å². The second-order valence-corrected chi connectivity index (χ2v) is 8.06. The molecule has 0 atom stereocenters. The highest BCUT2D eigenvalue weighted by atomic mass is 16.5. The Labute approximate surface area is 163 Å². The van der Waals surface area contributed by atoms with E-state index in [2.05, 4.69) is 42.1 Å². The van der Waals surface area contributed by atoms with Crippen molar-refractivity contribution in [2.45, 2.75) is 39.8 Å². The second-order valence-electron chi connectivity index (χ2n) is 8.06. The van der Waals surface area contributed by atoms with Gasteiger partial charge >= 0.3 is 0 Å². The van der Waals surface area contributed by atoms with E-state index in [0.717, 1.165) is 65.1 Å². The number of fused-ring (bicyclic) bond motifs is 3. The summed E-state index contributed by atoms with van der Waals surface area (Å²) in [4.78, 5) is 20.5. The SMILES string of the molecule is Cc1c[nH]c(C)c1-c1nc(N2CCOCC2)c2nc3n(c2n1)CCOC3(C)C. The molecule has 0 saturated carbocycles. The van der Waals surface area contributed by atoms with Gasteiger partial charge in [-0.05, 0) is 33.3 Å². The largest absolute Gasteiger partial charge is 0.378 e. The van der Waals surface area contributed by atoms with Gasteiger partial charge < -0.3 is 23.9 Å². The molecule has 148 valence electrons.